The average molecular weight is 350 g/mol. The molecule has 0 spiro atoms. The minimum absolute atomic E-state index is 0.217. The number of anilines is 1. The molecular weight excluding hydrogens is 336 g/mol. The number of aromatic amines is 1. The number of thioether (sulfide) groups is 1. The van der Waals surface area contributed by atoms with Crippen molar-refractivity contribution >= 4 is 34.3 Å². The van der Waals surface area contributed by atoms with Crippen LogP contribution < -0.4 is 10.9 Å². The maximum absolute atomic E-state index is 12.3. The summed E-state index contributed by atoms with van der Waals surface area (Å²) in [5.74, 6) is -0.217. The predicted molar refractivity (Wildman–Crippen MR) is 97.5 cm³/mol. The summed E-state index contributed by atoms with van der Waals surface area (Å²) in [7, 11) is 0. The zero-order valence-electron chi connectivity index (χ0n) is 13.3. The molecule has 2 N–H and O–H groups in total. The van der Waals surface area contributed by atoms with E-state index in [1.165, 1.54) is 11.8 Å². The van der Waals surface area contributed by atoms with Gasteiger partial charge in [-0.05, 0) is 43.3 Å². The highest BCUT2D eigenvalue weighted by Gasteiger charge is 2.16. The third kappa shape index (κ3) is 3.87. The lowest BCUT2D eigenvalue weighted by atomic mass is 10.2. The maximum atomic E-state index is 12.3. The van der Waals surface area contributed by atoms with E-state index in [1.54, 1.807) is 49.4 Å². The Balaban J connectivity index is 1.72. The molecule has 0 aliphatic heterocycles. The molecule has 1 heterocycles. The van der Waals surface area contributed by atoms with E-state index in [-0.39, 0.29) is 11.5 Å². The summed E-state index contributed by atoms with van der Waals surface area (Å²) in [6.45, 7) is 1.73. The number of hydrogen-bond donors (Lipinski definition) is 2. The first-order valence-electron chi connectivity index (χ1n) is 7.53. The zero-order chi connectivity index (χ0) is 17.8. The molecule has 0 bridgehead atoms. The van der Waals surface area contributed by atoms with Gasteiger partial charge in [-0.25, -0.2) is 4.98 Å². The first-order valence-corrected chi connectivity index (χ1v) is 8.41. The van der Waals surface area contributed by atoms with Crippen LogP contribution in [0.25, 0.3) is 10.9 Å². The molecule has 3 rings (SSSR count). The minimum Gasteiger partial charge on any atom is -0.325 e. The van der Waals surface area contributed by atoms with E-state index in [4.69, 9.17) is 5.26 Å². The van der Waals surface area contributed by atoms with E-state index in [0.717, 1.165) is 0 Å². The molecule has 0 unspecified atom stereocenters. The molecule has 3 aromatic rings. The largest absolute Gasteiger partial charge is 0.325 e. The van der Waals surface area contributed by atoms with Gasteiger partial charge in [0.05, 0.1) is 27.8 Å². The van der Waals surface area contributed by atoms with Crippen LogP contribution in [-0.4, -0.2) is 21.1 Å². The SMILES string of the molecule is C[C@H](Sc1nc2ccccc2c(=O)[nH]1)C(=O)Nc1ccc(C#N)cc1. The van der Waals surface area contributed by atoms with Crippen LogP contribution in [0.4, 0.5) is 5.69 Å². The standard InChI is InChI=1S/C18H14N4O2S/c1-11(16(23)20-13-8-6-12(10-19)7-9-13)25-18-21-15-5-3-2-4-14(15)17(24)22-18/h2-9,11H,1H3,(H,20,23)(H,21,22,24)/t11-/m0/s1. The van der Waals surface area contributed by atoms with Crippen molar-refractivity contribution in [3.05, 3.63) is 64.4 Å². The normalized spacial score (nSPS) is 11.7. The van der Waals surface area contributed by atoms with Gasteiger partial charge in [0.1, 0.15) is 0 Å². The number of para-hydroxylation sites is 1. The number of nitriles is 1. The summed E-state index contributed by atoms with van der Waals surface area (Å²) in [6, 6.07) is 15.7. The number of aromatic nitrogens is 2. The summed E-state index contributed by atoms with van der Waals surface area (Å²) in [4.78, 5) is 31.4. The fraction of sp³-hybridized carbons (Fsp3) is 0.111. The van der Waals surface area contributed by atoms with Crippen molar-refractivity contribution in [1.29, 1.82) is 5.26 Å². The lowest BCUT2D eigenvalue weighted by Crippen LogP contribution is -2.23. The van der Waals surface area contributed by atoms with E-state index in [0.29, 0.717) is 27.3 Å². The Morgan fingerprint density at radius 2 is 1.96 bits per heavy atom. The summed E-state index contributed by atoms with van der Waals surface area (Å²) >= 11 is 1.18. The number of amides is 1. The minimum atomic E-state index is -0.458. The topological polar surface area (TPSA) is 98.6 Å². The van der Waals surface area contributed by atoms with Gasteiger partial charge in [0.25, 0.3) is 5.56 Å². The van der Waals surface area contributed by atoms with Crippen LogP contribution in [0.5, 0.6) is 0 Å². The Kier molecular flexibility index (Phi) is 4.82. The molecule has 1 aromatic heterocycles. The molecule has 0 radical (unpaired) electrons. The number of carbonyl (C=O) groups excluding carboxylic acids is 1. The van der Waals surface area contributed by atoms with E-state index in [1.807, 2.05) is 12.1 Å². The first-order chi connectivity index (χ1) is 12.1. The van der Waals surface area contributed by atoms with Crippen molar-refractivity contribution in [3.8, 4) is 6.07 Å². The number of rotatable bonds is 4. The number of hydrogen-bond acceptors (Lipinski definition) is 5. The molecule has 7 heteroatoms. The van der Waals surface area contributed by atoms with Crippen molar-refractivity contribution < 1.29 is 4.79 Å². The average Bonchev–Trinajstić information content (AvgIpc) is 2.62. The molecular formula is C18H14N4O2S. The van der Waals surface area contributed by atoms with Crippen LogP contribution >= 0.6 is 11.8 Å². The number of fused-ring (bicyclic) bond motifs is 1. The highest BCUT2D eigenvalue weighted by atomic mass is 32.2. The molecule has 0 aliphatic rings. The second-order valence-electron chi connectivity index (χ2n) is 5.33. The Morgan fingerprint density at radius 1 is 1.24 bits per heavy atom. The van der Waals surface area contributed by atoms with Gasteiger partial charge in [-0.3, -0.25) is 9.59 Å². The maximum Gasteiger partial charge on any atom is 0.259 e. The predicted octanol–water partition coefficient (Wildman–Crippen LogP) is 2.91. The van der Waals surface area contributed by atoms with E-state index >= 15 is 0 Å². The molecule has 0 saturated carbocycles. The van der Waals surface area contributed by atoms with Gasteiger partial charge in [0.2, 0.25) is 5.91 Å². The van der Waals surface area contributed by atoms with Gasteiger partial charge in [0, 0.05) is 5.69 Å². The molecule has 6 nitrogen and oxygen atoms in total. The van der Waals surface area contributed by atoms with Crippen molar-refractivity contribution in [2.24, 2.45) is 0 Å². The van der Waals surface area contributed by atoms with Gasteiger partial charge in [-0.1, -0.05) is 23.9 Å². The molecule has 1 atom stereocenters. The molecule has 124 valence electrons. The highest BCUT2D eigenvalue weighted by molar-refractivity contribution is 8.00. The quantitative estimate of drug-likeness (QED) is 0.557. The summed E-state index contributed by atoms with van der Waals surface area (Å²) in [6.07, 6.45) is 0. The van der Waals surface area contributed by atoms with Crippen LogP contribution in [0.1, 0.15) is 12.5 Å². The highest BCUT2D eigenvalue weighted by Crippen LogP contribution is 2.21. The summed E-state index contributed by atoms with van der Waals surface area (Å²) in [5.41, 5.74) is 1.50. The second kappa shape index (κ2) is 7.20. The lowest BCUT2D eigenvalue weighted by Gasteiger charge is -2.11. The van der Waals surface area contributed by atoms with Crippen molar-refractivity contribution in [2.45, 2.75) is 17.3 Å². The van der Waals surface area contributed by atoms with Crippen LogP contribution in [0, 0.1) is 11.3 Å². The van der Waals surface area contributed by atoms with Gasteiger partial charge in [0.15, 0.2) is 5.16 Å². The smallest absolute Gasteiger partial charge is 0.259 e. The van der Waals surface area contributed by atoms with E-state index < -0.39 is 5.25 Å². The van der Waals surface area contributed by atoms with Gasteiger partial charge < -0.3 is 10.3 Å². The molecule has 0 saturated heterocycles. The molecule has 1 amide bonds. The third-order valence-electron chi connectivity index (χ3n) is 3.53. The second-order valence-corrected chi connectivity index (χ2v) is 6.66. The molecule has 0 aliphatic carbocycles. The Bertz CT molecular complexity index is 1020. The fourth-order valence-electron chi connectivity index (χ4n) is 2.21. The summed E-state index contributed by atoms with van der Waals surface area (Å²) in [5, 5.41) is 12.0. The monoisotopic (exact) mass is 350 g/mol. The van der Waals surface area contributed by atoms with Crippen LogP contribution in [0.3, 0.4) is 0 Å². The van der Waals surface area contributed by atoms with E-state index in [9.17, 15) is 9.59 Å². The summed E-state index contributed by atoms with van der Waals surface area (Å²) < 4.78 is 0. The van der Waals surface area contributed by atoms with Crippen molar-refractivity contribution in [3.63, 3.8) is 0 Å². The van der Waals surface area contributed by atoms with E-state index in [2.05, 4.69) is 15.3 Å². The van der Waals surface area contributed by atoms with Crippen LogP contribution in [0.15, 0.2) is 58.5 Å². The van der Waals surface area contributed by atoms with Gasteiger partial charge >= 0.3 is 0 Å². The lowest BCUT2D eigenvalue weighted by molar-refractivity contribution is -0.115. The first kappa shape index (κ1) is 16.7. The Labute approximate surface area is 147 Å². The van der Waals surface area contributed by atoms with Crippen LogP contribution in [-0.2, 0) is 4.79 Å². The van der Waals surface area contributed by atoms with Gasteiger partial charge in [-0.2, -0.15) is 5.26 Å². The Hall–Kier alpha value is -3.11. The van der Waals surface area contributed by atoms with Gasteiger partial charge in [-0.15, -0.1) is 0 Å². The fourth-order valence-corrected chi connectivity index (χ4v) is 3.02. The number of carbonyl (C=O) groups is 1. The number of H-pyrrole nitrogens is 1. The van der Waals surface area contributed by atoms with Crippen LogP contribution in [0.2, 0.25) is 0 Å². The number of nitrogens with one attached hydrogen (secondary N) is 2. The molecule has 0 fully saturated rings. The van der Waals surface area contributed by atoms with Crippen molar-refractivity contribution in [2.75, 3.05) is 5.32 Å². The van der Waals surface area contributed by atoms with Crippen molar-refractivity contribution in [1.82, 2.24) is 9.97 Å². The molecule has 2 aromatic carbocycles. The molecule has 25 heavy (non-hydrogen) atoms. The zero-order valence-corrected chi connectivity index (χ0v) is 14.1. The Morgan fingerprint density at radius 3 is 2.68 bits per heavy atom. The number of nitrogens with zero attached hydrogens (tertiary/aromatic N) is 2. The number of benzene rings is 2. The third-order valence-corrected chi connectivity index (χ3v) is 4.51.